The van der Waals surface area contributed by atoms with Crippen molar-refractivity contribution >= 4 is 11.8 Å². The number of ether oxygens (including phenoxy) is 1. The Hall–Kier alpha value is -2.14. The zero-order valence-electron chi connectivity index (χ0n) is 13.9. The number of carbonyl (C=O) groups excluding carboxylic acids is 2. The zero-order valence-corrected chi connectivity index (χ0v) is 13.9. The molecule has 0 saturated heterocycles. The Morgan fingerprint density at radius 1 is 1.25 bits per heavy atom. The monoisotopic (exact) mass is 328 g/mol. The standard InChI is InChI=1S/C19H24N2O3/c1-2-18(22)21-12-15-8-7-14(11-16(15)13-21)19(23)20-9-10-24-17-5-3-4-6-17/h2,7-8,11,17H,1,3-6,9-10,12-13H2,(H,20,23). The molecule has 1 aromatic rings. The van der Waals surface area contributed by atoms with Crippen molar-refractivity contribution in [2.75, 3.05) is 13.2 Å². The van der Waals surface area contributed by atoms with Gasteiger partial charge in [0.1, 0.15) is 0 Å². The Bertz CT molecular complexity index is 635. The Morgan fingerprint density at radius 3 is 2.75 bits per heavy atom. The molecule has 0 radical (unpaired) electrons. The van der Waals surface area contributed by atoms with Gasteiger partial charge in [0.05, 0.1) is 12.7 Å². The summed E-state index contributed by atoms with van der Waals surface area (Å²) in [6.07, 6.45) is 6.46. The van der Waals surface area contributed by atoms with Gasteiger partial charge in [-0.25, -0.2) is 0 Å². The fraction of sp³-hybridized carbons (Fsp3) is 0.474. The number of carbonyl (C=O) groups is 2. The molecule has 2 amide bonds. The van der Waals surface area contributed by atoms with Crippen LogP contribution in [-0.4, -0.2) is 36.0 Å². The van der Waals surface area contributed by atoms with Crippen LogP contribution in [-0.2, 0) is 22.6 Å². The van der Waals surface area contributed by atoms with Crippen molar-refractivity contribution in [3.05, 3.63) is 47.5 Å². The van der Waals surface area contributed by atoms with Crippen LogP contribution < -0.4 is 5.32 Å². The fourth-order valence-electron chi connectivity index (χ4n) is 3.37. The van der Waals surface area contributed by atoms with Crippen LogP contribution >= 0.6 is 0 Å². The topological polar surface area (TPSA) is 58.6 Å². The Balaban J connectivity index is 1.49. The van der Waals surface area contributed by atoms with E-state index >= 15 is 0 Å². The maximum absolute atomic E-state index is 12.2. The number of benzene rings is 1. The van der Waals surface area contributed by atoms with Crippen LogP contribution in [0.15, 0.2) is 30.9 Å². The second-order valence-electron chi connectivity index (χ2n) is 6.42. The van der Waals surface area contributed by atoms with Gasteiger partial charge in [0, 0.05) is 25.2 Å². The van der Waals surface area contributed by atoms with Gasteiger partial charge in [-0.1, -0.05) is 25.5 Å². The van der Waals surface area contributed by atoms with Crippen LogP contribution in [0.4, 0.5) is 0 Å². The van der Waals surface area contributed by atoms with Crippen molar-refractivity contribution in [1.29, 1.82) is 0 Å². The van der Waals surface area contributed by atoms with E-state index in [9.17, 15) is 9.59 Å². The van der Waals surface area contributed by atoms with Gasteiger partial charge in [-0.3, -0.25) is 9.59 Å². The largest absolute Gasteiger partial charge is 0.376 e. The Kier molecular flexibility index (Phi) is 5.30. The highest BCUT2D eigenvalue weighted by molar-refractivity contribution is 5.94. The van der Waals surface area contributed by atoms with Crippen molar-refractivity contribution in [1.82, 2.24) is 10.2 Å². The highest BCUT2D eigenvalue weighted by atomic mass is 16.5. The van der Waals surface area contributed by atoms with Crippen LogP contribution in [0.5, 0.6) is 0 Å². The molecule has 0 bridgehead atoms. The van der Waals surface area contributed by atoms with Gasteiger partial charge in [-0.15, -0.1) is 0 Å². The summed E-state index contributed by atoms with van der Waals surface area (Å²) in [5, 5.41) is 2.90. The maximum atomic E-state index is 12.2. The highest BCUT2D eigenvalue weighted by Gasteiger charge is 2.22. The lowest BCUT2D eigenvalue weighted by Crippen LogP contribution is -2.28. The summed E-state index contributed by atoms with van der Waals surface area (Å²) in [4.78, 5) is 25.7. The SMILES string of the molecule is C=CC(=O)N1Cc2ccc(C(=O)NCCOC3CCCC3)cc2C1. The predicted octanol–water partition coefficient (Wildman–Crippen LogP) is 2.40. The van der Waals surface area contributed by atoms with Gasteiger partial charge in [0.15, 0.2) is 0 Å². The van der Waals surface area contributed by atoms with E-state index in [1.54, 1.807) is 4.90 Å². The van der Waals surface area contributed by atoms with E-state index in [4.69, 9.17) is 4.74 Å². The number of hydrogen-bond donors (Lipinski definition) is 1. The molecule has 0 unspecified atom stereocenters. The van der Waals surface area contributed by atoms with Crippen LogP contribution in [0.3, 0.4) is 0 Å². The third kappa shape index (κ3) is 3.85. The molecular weight excluding hydrogens is 304 g/mol. The average molecular weight is 328 g/mol. The van der Waals surface area contributed by atoms with Gasteiger partial charge in [0.25, 0.3) is 5.91 Å². The molecule has 1 aliphatic heterocycles. The van der Waals surface area contributed by atoms with Gasteiger partial charge in [-0.05, 0) is 42.2 Å². The first-order chi connectivity index (χ1) is 11.7. The molecule has 0 aromatic heterocycles. The number of hydrogen-bond acceptors (Lipinski definition) is 3. The molecule has 128 valence electrons. The van der Waals surface area contributed by atoms with Gasteiger partial charge < -0.3 is 15.0 Å². The Labute approximate surface area is 142 Å². The minimum absolute atomic E-state index is 0.0822. The lowest BCUT2D eigenvalue weighted by Gasteiger charge is -2.12. The summed E-state index contributed by atoms with van der Waals surface area (Å²) < 4.78 is 5.75. The van der Waals surface area contributed by atoms with E-state index in [2.05, 4.69) is 11.9 Å². The first-order valence-corrected chi connectivity index (χ1v) is 8.60. The molecule has 5 nitrogen and oxygen atoms in total. The van der Waals surface area contributed by atoms with Gasteiger partial charge in [-0.2, -0.15) is 0 Å². The van der Waals surface area contributed by atoms with Crippen molar-refractivity contribution < 1.29 is 14.3 Å². The molecule has 1 saturated carbocycles. The smallest absolute Gasteiger partial charge is 0.251 e. The average Bonchev–Trinajstić information content (AvgIpc) is 3.26. The quantitative estimate of drug-likeness (QED) is 0.644. The molecule has 24 heavy (non-hydrogen) atoms. The second kappa shape index (κ2) is 7.62. The van der Waals surface area contributed by atoms with Gasteiger partial charge >= 0.3 is 0 Å². The molecule has 1 aromatic carbocycles. The van der Waals surface area contributed by atoms with E-state index in [1.165, 1.54) is 18.9 Å². The first-order valence-electron chi connectivity index (χ1n) is 8.60. The summed E-state index contributed by atoms with van der Waals surface area (Å²) in [7, 11) is 0. The van der Waals surface area contributed by atoms with Crippen molar-refractivity contribution in [2.45, 2.75) is 44.9 Å². The minimum atomic E-state index is -0.0960. The molecule has 0 spiro atoms. The van der Waals surface area contributed by atoms with E-state index in [1.807, 2.05) is 18.2 Å². The molecule has 3 rings (SSSR count). The normalized spacial score (nSPS) is 16.9. The van der Waals surface area contributed by atoms with Crippen LogP contribution in [0, 0.1) is 0 Å². The lowest BCUT2D eigenvalue weighted by molar-refractivity contribution is -0.126. The first kappa shape index (κ1) is 16.7. The maximum Gasteiger partial charge on any atom is 0.251 e. The van der Waals surface area contributed by atoms with Crippen molar-refractivity contribution in [2.24, 2.45) is 0 Å². The third-order valence-corrected chi connectivity index (χ3v) is 4.72. The number of nitrogens with zero attached hydrogens (tertiary/aromatic N) is 1. The zero-order chi connectivity index (χ0) is 16.9. The van der Waals surface area contributed by atoms with E-state index in [0.29, 0.717) is 37.9 Å². The molecular formula is C19H24N2O3. The number of fused-ring (bicyclic) bond motifs is 1. The van der Waals surface area contributed by atoms with E-state index in [0.717, 1.165) is 24.0 Å². The van der Waals surface area contributed by atoms with Crippen LogP contribution in [0.1, 0.15) is 47.2 Å². The number of nitrogens with one attached hydrogen (secondary N) is 1. The summed E-state index contributed by atoms with van der Waals surface area (Å²) in [6.45, 7) is 5.71. The predicted molar refractivity (Wildman–Crippen MR) is 91.4 cm³/mol. The van der Waals surface area contributed by atoms with Gasteiger partial charge in [0.2, 0.25) is 5.91 Å². The fourth-order valence-corrected chi connectivity index (χ4v) is 3.37. The number of rotatable bonds is 6. The molecule has 2 aliphatic rings. The second-order valence-corrected chi connectivity index (χ2v) is 6.42. The highest BCUT2D eigenvalue weighted by Crippen LogP contribution is 2.24. The van der Waals surface area contributed by atoms with Crippen LogP contribution in [0.2, 0.25) is 0 Å². The van der Waals surface area contributed by atoms with Crippen molar-refractivity contribution in [3.8, 4) is 0 Å². The van der Waals surface area contributed by atoms with E-state index in [-0.39, 0.29) is 11.8 Å². The molecule has 1 heterocycles. The lowest BCUT2D eigenvalue weighted by atomic mass is 10.1. The van der Waals surface area contributed by atoms with E-state index < -0.39 is 0 Å². The summed E-state index contributed by atoms with van der Waals surface area (Å²) >= 11 is 0. The summed E-state index contributed by atoms with van der Waals surface area (Å²) in [5.74, 6) is -0.178. The number of amides is 2. The van der Waals surface area contributed by atoms with Crippen LogP contribution in [0.25, 0.3) is 0 Å². The molecule has 0 atom stereocenters. The molecule has 5 heteroatoms. The molecule has 1 aliphatic carbocycles. The molecule has 1 N–H and O–H groups in total. The third-order valence-electron chi connectivity index (χ3n) is 4.72. The Morgan fingerprint density at radius 2 is 2.00 bits per heavy atom. The molecule has 1 fully saturated rings. The summed E-state index contributed by atoms with van der Waals surface area (Å²) in [5.41, 5.74) is 2.74. The summed E-state index contributed by atoms with van der Waals surface area (Å²) in [6, 6.07) is 5.61. The van der Waals surface area contributed by atoms with Crippen molar-refractivity contribution in [3.63, 3.8) is 0 Å². The minimum Gasteiger partial charge on any atom is -0.376 e.